The summed E-state index contributed by atoms with van der Waals surface area (Å²) < 4.78 is 120. The van der Waals surface area contributed by atoms with Crippen LogP contribution >= 0.6 is 0 Å². The Labute approximate surface area is 164 Å². The summed E-state index contributed by atoms with van der Waals surface area (Å²) in [7, 11) is 0. The van der Waals surface area contributed by atoms with E-state index in [1.165, 1.54) is 6.92 Å². The van der Waals surface area contributed by atoms with Crippen molar-refractivity contribution in [3.8, 4) is 0 Å². The second kappa shape index (κ2) is 7.51. The molecule has 0 aromatic heterocycles. The third-order valence-electron chi connectivity index (χ3n) is 4.47. The summed E-state index contributed by atoms with van der Waals surface area (Å²) in [6, 6.07) is 2.65. The molecule has 2 aromatic carbocycles. The van der Waals surface area contributed by atoms with Crippen LogP contribution in [0.5, 0.6) is 0 Å². The van der Waals surface area contributed by atoms with Crippen molar-refractivity contribution >= 4 is 11.6 Å². The lowest BCUT2D eigenvalue weighted by atomic mass is 9.90. The van der Waals surface area contributed by atoms with Crippen LogP contribution in [0.15, 0.2) is 24.3 Å². The van der Waals surface area contributed by atoms with E-state index in [0.717, 1.165) is 26.0 Å². The van der Waals surface area contributed by atoms with Crippen molar-refractivity contribution in [2.75, 3.05) is 5.32 Å². The summed E-state index contributed by atoms with van der Waals surface area (Å²) in [4.78, 5) is 12.3. The summed E-state index contributed by atoms with van der Waals surface area (Å²) in [5.74, 6) is -3.95. The number of amides is 1. The van der Waals surface area contributed by atoms with E-state index < -0.39 is 46.7 Å². The number of carbonyl (C=O) groups excluding carboxylic acids is 1. The van der Waals surface area contributed by atoms with E-state index in [2.05, 4.69) is 5.32 Å². The molecule has 11 heteroatoms. The summed E-state index contributed by atoms with van der Waals surface area (Å²) in [5, 5.41) is 2.11. The zero-order valence-electron chi connectivity index (χ0n) is 15.6. The fraction of sp³-hybridized carbons (Fsp3) is 0.316. The SMILES string of the molecule is Cc1ccc(C(=O)Nc2c(C)cc(C(F)(C(F)(F)F)C(F)(F)F)cc2C)c(F)c1F. The normalized spacial score (nSPS) is 12.8. The predicted octanol–water partition coefficient (Wildman–Crippen LogP) is 6.43. The Kier molecular flexibility index (Phi) is 5.90. The Hall–Kier alpha value is -2.72. The summed E-state index contributed by atoms with van der Waals surface area (Å²) in [5.41, 5.74) is -9.13. The van der Waals surface area contributed by atoms with Crippen LogP contribution in [0, 0.1) is 32.4 Å². The molecule has 2 aromatic rings. The summed E-state index contributed by atoms with van der Waals surface area (Å²) in [6.07, 6.45) is -12.6. The Bertz CT molecular complexity index is 956. The molecular weight excluding hydrogens is 429 g/mol. The highest BCUT2D eigenvalue weighted by atomic mass is 19.4. The van der Waals surface area contributed by atoms with Crippen LogP contribution in [0.3, 0.4) is 0 Å². The Morgan fingerprint density at radius 2 is 1.23 bits per heavy atom. The van der Waals surface area contributed by atoms with Gasteiger partial charge in [-0.15, -0.1) is 0 Å². The number of rotatable bonds is 3. The number of halogens is 9. The molecule has 2 rings (SSSR count). The minimum absolute atomic E-state index is 0.0839. The van der Waals surface area contributed by atoms with Gasteiger partial charge >= 0.3 is 18.0 Å². The fourth-order valence-electron chi connectivity index (χ4n) is 2.85. The number of alkyl halides is 7. The highest BCUT2D eigenvalue weighted by molar-refractivity contribution is 6.05. The van der Waals surface area contributed by atoms with Crippen molar-refractivity contribution in [2.45, 2.75) is 38.8 Å². The van der Waals surface area contributed by atoms with E-state index in [-0.39, 0.29) is 34.5 Å². The minimum atomic E-state index is -6.29. The molecule has 0 atom stereocenters. The third kappa shape index (κ3) is 3.84. The second-order valence-corrected chi connectivity index (χ2v) is 6.65. The van der Waals surface area contributed by atoms with E-state index in [4.69, 9.17) is 0 Å². The molecule has 0 aliphatic heterocycles. The van der Waals surface area contributed by atoms with Crippen LogP contribution in [-0.2, 0) is 5.67 Å². The molecule has 0 saturated heterocycles. The summed E-state index contributed by atoms with van der Waals surface area (Å²) >= 11 is 0. The van der Waals surface area contributed by atoms with Crippen molar-refractivity contribution < 1.29 is 44.3 Å². The van der Waals surface area contributed by atoms with Gasteiger partial charge in [-0.1, -0.05) is 18.2 Å². The largest absolute Gasteiger partial charge is 0.435 e. The Morgan fingerprint density at radius 1 is 0.767 bits per heavy atom. The first-order chi connectivity index (χ1) is 13.5. The maximum Gasteiger partial charge on any atom is 0.435 e. The number of anilines is 1. The smallest absolute Gasteiger partial charge is 0.321 e. The van der Waals surface area contributed by atoms with Gasteiger partial charge in [0, 0.05) is 11.3 Å². The zero-order chi connectivity index (χ0) is 23.2. The molecule has 0 heterocycles. The highest BCUT2D eigenvalue weighted by Gasteiger charge is 2.73. The van der Waals surface area contributed by atoms with Gasteiger partial charge in [-0.25, -0.2) is 13.2 Å². The first kappa shape index (κ1) is 23.6. The number of aryl methyl sites for hydroxylation is 3. The standard InChI is InChI=1S/C19H14F9NO/c1-8-4-5-12(14(21)13(8)20)16(30)29-15-9(2)6-11(7-10(15)3)17(22,18(23,24)25)19(26,27)28/h4-7H,1-3H3,(H,29,30). The number of nitrogens with one attached hydrogen (secondary N) is 1. The van der Waals surface area contributed by atoms with E-state index >= 15 is 0 Å². The average Bonchev–Trinajstić information content (AvgIpc) is 2.59. The molecule has 164 valence electrons. The van der Waals surface area contributed by atoms with Crippen LogP contribution in [0.2, 0.25) is 0 Å². The highest BCUT2D eigenvalue weighted by Crippen LogP contribution is 2.53. The van der Waals surface area contributed by atoms with Crippen molar-refractivity contribution in [1.29, 1.82) is 0 Å². The van der Waals surface area contributed by atoms with Gasteiger partial charge in [-0.2, -0.15) is 26.3 Å². The number of benzene rings is 2. The molecular formula is C19H14F9NO. The molecule has 0 spiro atoms. The van der Waals surface area contributed by atoms with Gasteiger partial charge in [0.2, 0.25) is 0 Å². The van der Waals surface area contributed by atoms with E-state index in [1.54, 1.807) is 0 Å². The molecule has 0 unspecified atom stereocenters. The van der Waals surface area contributed by atoms with Gasteiger partial charge in [-0.3, -0.25) is 4.79 Å². The Balaban J connectivity index is 2.52. The Morgan fingerprint density at radius 3 is 1.67 bits per heavy atom. The van der Waals surface area contributed by atoms with Gasteiger partial charge < -0.3 is 5.32 Å². The van der Waals surface area contributed by atoms with Crippen molar-refractivity contribution in [2.24, 2.45) is 0 Å². The fourth-order valence-corrected chi connectivity index (χ4v) is 2.85. The first-order valence-electron chi connectivity index (χ1n) is 8.22. The van der Waals surface area contributed by atoms with Crippen molar-refractivity contribution in [3.63, 3.8) is 0 Å². The summed E-state index contributed by atoms with van der Waals surface area (Å²) in [6.45, 7) is 3.31. The molecule has 1 N–H and O–H groups in total. The van der Waals surface area contributed by atoms with Gasteiger partial charge in [0.15, 0.2) is 11.6 Å². The minimum Gasteiger partial charge on any atom is -0.321 e. The van der Waals surface area contributed by atoms with E-state index in [9.17, 15) is 44.3 Å². The van der Waals surface area contributed by atoms with Crippen LogP contribution in [0.4, 0.5) is 45.2 Å². The van der Waals surface area contributed by atoms with Crippen LogP contribution in [0.25, 0.3) is 0 Å². The lowest BCUT2D eigenvalue weighted by Crippen LogP contribution is -2.50. The molecule has 30 heavy (non-hydrogen) atoms. The molecule has 0 saturated carbocycles. The monoisotopic (exact) mass is 443 g/mol. The molecule has 0 radical (unpaired) electrons. The zero-order valence-corrected chi connectivity index (χ0v) is 15.6. The quantitative estimate of drug-likeness (QED) is 0.544. The lowest BCUT2D eigenvalue weighted by Gasteiger charge is -2.31. The van der Waals surface area contributed by atoms with Crippen molar-refractivity contribution in [3.05, 3.63) is 63.7 Å². The number of hydrogen-bond acceptors (Lipinski definition) is 1. The first-order valence-corrected chi connectivity index (χ1v) is 8.22. The van der Waals surface area contributed by atoms with E-state index in [0.29, 0.717) is 0 Å². The maximum atomic E-state index is 14.3. The molecule has 1 amide bonds. The van der Waals surface area contributed by atoms with Gasteiger partial charge in [-0.05, 0) is 43.5 Å². The number of hydrogen-bond donors (Lipinski definition) is 1. The van der Waals surface area contributed by atoms with E-state index in [1.807, 2.05) is 0 Å². The van der Waals surface area contributed by atoms with Crippen LogP contribution in [0.1, 0.15) is 32.6 Å². The molecule has 2 nitrogen and oxygen atoms in total. The van der Waals surface area contributed by atoms with Gasteiger partial charge in [0.25, 0.3) is 5.91 Å². The maximum absolute atomic E-state index is 14.3. The third-order valence-corrected chi connectivity index (χ3v) is 4.47. The molecule has 0 aliphatic carbocycles. The lowest BCUT2D eigenvalue weighted by molar-refractivity contribution is -0.348. The van der Waals surface area contributed by atoms with Crippen LogP contribution in [-0.4, -0.2) is 18.3 Å². The molecule has 0 bridgehead atoms. The second-order valence-electron chi connectivity index (χ2n) is 6.65. The molecule has 0 aliphatic rings. The van der Waals surface area contributed by atoms with Gasteiger partial charge in [0.05, 0.1) is 5.56 Å². The number of carbonyl (C=O) groups is 1. The topological polar surface area (TPSA) is 29.1 Å². The van der Waals surface area contributed by atoms with Gasteiger partial charge in [0.1, 0.15) is 0 Å². The predicted molar refractivity (Wildman–Crippen MR) is 89.9 cm³/mol. The average molecular weight is 443 g/mol. The molecule has 0 fully saturated rings. The van der Waals surface area contributed by atoms with Crippen LogP contribution < -0.4 is 5.32 Å². The van der Waals surface area contributed by atoms with Crippen molar-refractivity contribution in [1.82, 2.24) is 0 Å².